The van der Waals surface area contributed by atoms with Gasteiger partial charge in [-0.2, -0.15) is 8.75 Å². The summed E-state index contributed by atoms with van der Waals surface area (Å²) in [5, 5.41) is 0. The summed E-state index contributed by atoms with van der Waals surface area (Å²) < 4.78 is 17.5. The number of aromatic amines is 2. The molecule has 0 aromatic carbocycles. The average Bonchev–Trinajstić information content (AvgIpc) is 3.18. The Morgan fingerprint density at radius 2 is 1.48 bits per heavy atom. The van der Waals surface area contributed by atoms with Gasteiger partial charge in [0.25, 0.3) is 0 Å². The largest absolute Gasteiger partial charge is 0.549 e. The summed E-state index contributed by atoms with van der Waals surface area (Å²) in [6.45, 7) is 1.67. The molecule has 4 heterocycles. The highest BCUT2D eigenvalue weighted by molar-refractivity contribution is 7.13. The maximum atomic E-state index is 11.9. The minimum Gasteiger partial charge on any atom is -0.549 e. The van der Waals surface area contributed by atoms with Crippen LogP contribution in [-0.4, -0.2) is 41.3 Å². The molecule has 1 atom stereocenters. The number of nitrogens with zero attached hydrogens (tertiary/aromatic N) is 6. The Labute approximate surface area is 182 Å². The molecule has 0 saturated heterocycles. The summed E-state index contributed by atoms with van der Waals surface area (Å²) in [7, 11) is 0. The number of aromatic nitrogens is 5. The maximum Gasteiger partial charge on any atom is 0.219 e. The zero-order valence-electron chi connectivity index (χ0n) is 16.8. The molecule has 4 rings (SSSR count). The maximum absolute atomic E-state index is 11.9. The number of pyridine rings is 3. The minimum atomic E-state index is -1.42. The van der Waals surface area contributed by atoms with Crippen molar-refractivity contribution in [3.63, 3.8) is 0 Å². The minimum absolute atomic E-state index is 0.454. The highest BCUT2D eigenvalue weighted by Gasteiger charge is 2.10. The Hall–Kier alpha value is -3.63. The number of hydrogen-bond acceptors (Lipinski definition) is 7. The molecule has 0 saturated carbocycles. The first kappa shape index (κ1) is 20.6. The van der Waals surface area contributed by atoms with Crippen molar-refractivity contribution in [1.82, 2.24) is 23.7 Å². The first-order valence-electron chi connectivity index (χ1n) is 9.82. The fourth-order valence-electron chi connectivity index (χ4n) is 2.96. The second-order valence-electron chi connectivity index (χ2n) is 6.60. The van der Waals surface area contributed by atoms with Gasteiger partial charge in [0, 0.05) is 37.9 Å². The molecule has 0 amide bonds. The molecule has 0 aliphatic rings. The van der Waals surface area contributed by atoms with Gasteiger partial charge in [0.1, 0.15) is 22.8 Å². The topological polar surface area (TPSA) is 121 Å². The Bertz CT molecular complexity index is 1160. The number of nitrogens with one attached hydrogen (secondary N) is 2. The van der Waals surface area contributed by atoms with Gasteiger partial charge in [0.15, 0.2) is 0 Å². The van der Waals surface area contributed by atoms with E-state index in [0.717, 1.165) is 23.6 Å². The summed E-state index contributed by atoms with van der Waals surface area (Å²) in [6, 6.07) is 15.4. The summed E-state index contributed by atoms with van der Waals surface area (Å²) in [5.41, 5.74) is 2.03. The standard InChI is InChI=1S/C21H22N8OS/c30-31-27-20(21(28-31)26-16-17-8-13-22-14-9-17)25-12-5-15-29(18-6-1-3-10-23-18)19-7-2-4-11-24-19/h1-4,6-11,13-14H,5,12,15-16H2,(H,25,27)(H,26,28). The van der Waals surface area contributed by atoms with Crippen molar-refractivity contribution in [2.45, 2.75) is 13.0 Å². The van der Waals surface area contributed by atoms with Crippen LogP contribution in [-0.2, 0) is 6.54 Å². The molecule has 10 heteroatoms. The normalized spacial score (nSPS) is 12.9. The van der Waals surface area contributed by atoms with Gasteiger partial charge in [-0.1, -0.05) is 12.1 Å². The van der Waals surface area contributed by atoms with Gasteiger partial charge in [-0.15, -0.1) is 0 Å². The van der Waals surface area contributed by atoms with Crippen LogP contribution in [0.15, 0.2) is 83.3 Å². The monoisotopic (exact) mass is 434 g/mol. The third kappa shape index (κ3) is 5.71. The number of anilines is 2. The lowest BCUT2D eigenvalue weighted by atomic mass is 10.3. The lowest BCUT2D eigenvalue weighted by Crippen LogP contribution is -2.27. The van der Waals surface area contributed by atoms with Gasteiger partial charge in [0.2, 0.25) is 11.0 Å². The summed E-state index contributed by atoms with van der Waals surface area (Å²) in [5.74, 6) is 1.66. The third-order valence-corrected chi connectivity index (χ3v) is 5.19. The van der Waals surface area contributed by atoms with Crippen LogP contribution < -0.4 is 15.9 Å². The zero-order chi connectivity index (χ0) is 21.3. The molecule has 4 aromatic rings. The second-order valence-corrected chi connectivity index (χ2v) is 7.55. The smallest absolute Gasteiger partial charge is 0.219 e. The molecule has 158 valence electrons. The zero-order valence-corrected chi connectivity index (χ0v) is 17.6. The van der Waals surface area contributed by atoms with Gasteiger partial charge in [0.05, 0.1) is 6.54 Å². The van der Waals surface area contributed by atoms with Crippen LogP contribution in [0.1, 0.15) is 12.0 Å². The summed E-state index contributed by atoms with van der Waals surface area (Å²) in [6.07, 6.45) is 7.72. The van der Waals surface area contributed by atoms with Gasteiger partial charge in [-0.3, -0.25) is 15.0 Å². The van der Waals surface area contributed by atoms with E-state index in [2.05, 4.69) is 38.6 Å². The van der Waals surface area contributed by atoms with Crippen LogP contribution in [0, 0.1) is 0 Å². The molecule has 2 N–H and O–H groups in total. The van der Waals surface area contributed by atoms with Gasteiger partial charge >= 0.3 is 0 Å². The Morgan fingerprint density at radius 1 is 0.839 bits per heavy atom. The van der Waals surface area contributed by atoms with E-state index in [0.29, 0.717) is 30.6 Å². The van der Waals surface area contributed by atoms with E-state index in [4.69, 9.17) is 0 Å². The molecular formula is C21H22N8OS. The van der Waals surface area contributed by atoms with Crippen molar-refractivity contribution in [1.29, 1.82) is 0 Å². The highest BCUT2D eigenvalue weighted by Crippen LogP contribution is 2.20. The summed E-state index contributed by atoms with van der Waals surface area (Å²) >= 11 is -1.42. The van der Waals surface area contributed by atoms with E-state index < -0.39 is 11.1 Å². The summed E-state index contributed by atoms with van der Waals surface area (Å²) in [4.78, 5) is 24.0. The first-order valence-corrected chi connectivity index (χ1v) is 11.0. The fraction of sp³-hybridized carbons (Fsp3) is 0.190. The predicted molar refractivity (Wildman–Crippen MR) is 118 cm³/mol. The number of hydrogen-bond donors (Lipinski definition) is 2. The van der Waals surface area contributed by atoms with E-state index in [1.54, 1.807) is 24.8 Å². The Kier molecular flexibility index (Phi) is 6.93. The lowest BCUT2D eigenvalue weighted by Gasteiger charge is -2.22. The predicted octanol–water partition coefficient (Wildman–Crippen LogP) is 2.49. The molecule has 0 fully saturated rings. The van der Waals surface area contributed by atoms with Crippen LogP contribution in [0.5, 0.6) is 0 Å². The van der Waals surface area contributed by atoms with Crippen molar-refractivity contribution in [2.24, 2.45) is 9.98 Å². The second kappa shape index (κ2) is 10.4. The van der Waals surface area contributed by atoms with E-state index in [1.807, 2.05) is 48.5 Å². The van der Waals surface area contributed by atoms with E-state index in [-0.39, 0.29) is 0 Å². The van der Waals surface area contributed by atoms with Crippen molar-refractivity contribution in [3.8, 4) is 0 Å². The quantitative estimate of drug-likeness (QED) is 0.326. The molecule has 0 bridgehead atoms. The average molecular weight is 435 g/mol. The lowest BCUT2D eigenvalue weighted by molar-refractivity contribution is 0.584. The molecule has 0 aliphatic heterocycles. The van der Waals surface area contributed by atoms with Crippen LogP contribution in [0.3, 0.4) is 0 Å². The SMILES string of the molecule is [O-][s+]1[nH]c(=NCCCN(c2ccccn2)c2ccccn2)c(=NCc2ccncc2)[nH]1. The van der Waals surface area contributed by atoms with Crippen molar-refractivity contribution < 1.29 is 4.55 Å². The van der Waals surface area contributed by atoms with Gasteiger partial charge in [-0.05, 0) is 48.4 Å². The molecule has 0 spiro atoms. The third-order valence-electron chi connectivity index (χ3n) is 4.43. The van der Waals surface area contributed by atoms with E-state index in [9.17, 15) is 4.55 Å². The van der Waals surface area contributed by atoms with Crippen LogP contribution >= 0.6 is 11.1 Å². The molecule has 0 radical (unpaired) electrons. The molecule has 0 aliphatic carbocycles. The van der Waals surface area contributed by atoms with Crippen LogP contribution in [0.25, 0.3) is 0 Å². The first-order chi connectivity index (χ1) is 15.3. The van der Waals surface area contributed by atoms with Crippen LogP contribution in [0.4, 0.5) is 11.6 Å². The van der Waals surface area contributed by atoms with Crippen LogP contribution in [0.2, 0.25) is 0 Å². The highest BCUT2D eigenvalue weighted by atomic mass is 32.2. The van der Waals surface area contributed by atoms with Crippen molar-refractivity contribution in [2.75, 3.05) is 18.0 Å². The number of H-pyrrole nitrogens is 2. The number of rotatable bonds is 8. The molecular weight excluding hydrogens is 412 g/mol. The molecule has 4 aromatic heterocycles. The Balaban J connectivity index is 1.47. The molecule has 31 heavy (non-hydrogen) atoms. The van der Waals surface area contributed by atoms with E-state index in [1.165, 1.54) is 0 Å². The fourth-order valence-corrected chi connectivity index (χ4v) is 3.69. The molecule has 9 nitrogen and oxygen atoms in total. The van der Waals surface area contributed by atoms with Gasteiger partial charge in [-0.25, -0.2) is 9.97 Å². The van der Waals surface area contributed by atoms with E-state index >= 15 is 0 Å². The molecule has 1 unspecified atom stereocenters. The van der Waals surface area contributed by atoms with Gasteiger partial charge < -0.3 is 9.45 Å². The van der Waals surface area contributed by atoms with Crippen molar-refractivity contribution in [3.05, 3.63) is 89.9 Å². The Morgan fingerprint density at radius 3 is 2.10 bits per heavy atom. The van der Waals surface area contributed by atoms with Crippen molar-refractivity contribution >= 4 is 22.8 Å².